The summed E-state index contributed by atoms with van der Waals surface area (Å²) in [6, 6.07) is 5.34. The second kappa shape index (κ2) is 3.32. The first-order valence-electron chi connectivity index (χ1n) is 5.47. The second-order valence-corrected chi connectivity index (χ2v) is 5.58. The van der Waals surface area contributed by atoms with Crippen LogP contribution in [0.1, 0.15) is 19.8 Å². The molecule has 1 aliphatic rings. The molecule has 2 aromatic rings. The van der Waals surface area contributed by atoms with Crippen LogP contribution in [-0.2, 0) is 5.54 Å². The van der Waals surface area contributed by atoms with E-state index in [1.807, 2.05) is 6.92 Å². The van der Waals surface area contributed by atoms with Crippen molar-refractivity contribution < 1.29 is 0 Å². The van der Waals surface area contributed by atoms with E-state index in [0.717, 1.165) is 17.3 Å². The van der Waals surface area contributed by atoms with Crippen LogP contribution in [0, 0.1) is 0 Å². The van der Waals surface area contributed by atoms with Crippen molar-refractivity contribution in [1.82, 2.24) is 9.55 Å². The second-order valence-electron chi connectivity index (χ2n) is 4.73. The number of nitrogens with zero attached hydrogens (tertiary/aromatic N) is 1. The number of fused-ring (bicyclic) bond motifs is 1. The van der Waals surface area contributed by atoms with Gasteiger partial charge in [-0.3, -0.25) is 9.36 Å². The predicted octanol–water partition coefficient (Wildman–Crippen LogP) is 1.96. The fourth-order valence-corrected chi connectivity index (χ4v) is 2.57. The number of para-hydroxylation sites is 1. The summed E-state index contributed by atoms with van der Waals surface area (Å²) >= 11 is 3.34. The highest BCUT2D eigenvalue weighted by Gasteiger charge is 2.42. The maximum Gasteiger partial charge on any atom is 0.329 e. The standard InChI is InChI=1S/C12H11BrN2O2/c1-12(5-6-12)15-10(16)7-3-2-4-8(13)9(7)14-11(15)17/h2-4H,5-6H2,1H3,(H,14,17). The third-order valence-corrected chi connectivity index (χ3v) is 4.06. The molecule has 1 aliphatic carbocycles. The van der Waals surface area contributed by atoms with E-state index in [1.54, 1.807) is 18.2 Å². The van der Waals surface area contributed by atoms with Gasteiger partial charge in [-0.2, -0.15) is 0 Å². The van der Waals surface area contributed by atoms with Crippen LogP contribution in [0.4, 0.5) is 0 Å². The maximum absolute atomic E-state index is 12.3. The van der Waals surface area contributed by atoms with Gasteiger partial charge >= 0.3 is 5.69 Å². The zero-order valence-corrected chi connectivity index (χ0v) is 10.9. The largest absolute Gasteiger partial charge is 0.329 e. The van der Waals surface area contributed by atoms with Crippen molar-refractivity contribution in [3.05, 3.63) is 43.5 Å². The van der Waals surface area contributed by atoms with Crippen molar-refractivity contribution in [2.24, 2.45) is 0 Å². The fraction of sp³-hybridized carbons (Fsp3) is 0.333. The molecule has 0 radical (unpaired) electrons. The lowest BCUT2D eigenvalue weighted by atomic mass is 10.2. The summed E-state index contributed by atoms with van der Waals surface area (Å²) in [4.78, 5) is 27.1. The average molecular weight is 295 g/mol. The minimum absolute atomic E-state index is 0.204. The molecule has 0 spiro atoms. The van der Waals surface area contributed by atoms with Gasteiger partial charge in [-0.1, -0.05) is 6.07 Å². The molecule has 1 aromatic heterocycles. The molecule has 88 valence electrons. The molecule has 1 N–H and O–H groups in total. The highest BCUT2D eigenvalue weighted by Crippen LogP contribution is 2.40. The Hall–Kier alpha value is -1.36. The highest BCUT2D eigenvalue weighted by atomic mass is 79.9. The molecule has 0 aliphatic heterocycles. The van der Waals surface area contributed by atoms with Gasteiger partial charge < -0.3 is 4.98 Å². The van der Waals surface area contributed by atoms with Crippen molar-refractivity contribution in [1.29, 1.82) is 0 Å². The number of aromatic nitrogens is 2. The number of H-pyrrole nitrogens is 1. The van der Waals surface area contributed by atoms with Crippen molar-refractivity contribution >= 4 is 26.8 Å². The van der Waals surface area contributed by atoms with Gasteiger partial charge in [0.2, 0.25) is 0 Å². The number of nitrogens with one attached hydrogen (secondary N) is 1. The Morgan fingerprint density at radius 2 is 2.06 bits per heavy atom. The van der Waals surface area contributed by atoms with E-state index in [0.29, 0.717) is 10.9 Å². The van der Waals surface area contributed by atoms with Gasteiger partial charge in [-0.05, 0) is 47.8 Å². The summed E-state index contributed by atoms with van der Waals surface area (Å²) in [6.07, 6.45) is 1.77. The van der Waals surface area contributed by atoms with Gasteiger partial charge in [0.05, 0.1) is 16.4 Å². The SMILES string of the molecule is CC1(n2c(=O)[nH]c3c(Br)cccc3c2=O)CC1. The van der Waals surface area contributed by atoms with Crippen molar-refractivity contribution in [2.75, 3.05) is 0 Å². The molecule has 0 amide bonds. The topological polar surface area (TPSA) is 54.9 Å². The molecule has 4 nitrogen and oxygen atoms in total. The van der Waals surface area contributed by atoms with Gasteiger partial charge in [0.1, 0.15) is 0 Å². The Morgan fingerprint density at radius 1 is 1.35 bits per heavy atom. The third-order valence-electron chi connectivity index (χ3n) is 3.40. The average Bonchev–Trinajstić information content (AvgIpc) is 2.99. The number of aromatic amines is 1. The van der Waals surface area contributed by atoms with Crippen LogP contribution in [0.3, 0.4) is 0 Å². The Labute approximate surface area is 105 Å². The van der Waals surface area contributed by atoms with Crippen LogP contribution in [-0.4, -0.2) is 9.55 Å². The molecular weight excluding hydrogens is 284 g/mol. The number of halogens is 1. The first-order valence-corrected chi connectivity index (χ1v) is 6.26. The number of hydrogen-bond donors (Lipinski definition) is 1. The van der Waals surface area contributed by atoms with Crippen LogP contribution < -0.4 is 11.2 Å². The Kier molecular flexibility index (Phi) is 2.10. The Balaban J connectivity index is 2.49. The zero-order chi connectivity index (χ0) is 12.2. The molecule has 1 fully saturated rings. The monoisotopic (exact) mass is 294 g/mol. The molecule has 17 heavy (non-hydrogen) atoms. The van der Waals surface area contributed by atoms with E-state index < -0.39 is 0 Å². The minimum Gasteiger partial charge on any atom is -0.306 e. The first kappa shape index (κ1) is 10.8. The van der Waals surface area contributed by atoms with Gasteiger partial charge in [-0.15, -0.1) is 0 Å². The summed E-state index contributed by atoms with van der Waals surface area (Å²) in [5.74, 6) is 0. The summed E-state index contributed by atoms with van der Waals surface area (Å²) in [5, 5.41) is 0.548. The number of hydrogen-bond acceptors (Lipinski definition) is 2. The van der Waals surface area contributed by atoms with Gasteiger partial charge in [-0.25, -0.2) is 4.79 Å². The maximum atomic E-state index is 12.3. The number of benzene rings is 1. The van der Waals surface area contributed by atoms with E-state index in [-0.39, 0.29) is 16.8 Å². The molecule has 0 saturated heterocycles. The van der Waals surface area contributed by atoms with Crippen LogP contribution >= 0.6 is 15.9 Å². The molecule has 0 atom stereocenters. The summed E-state index contributed by atoms with van der Waals surface area (Å²) in [5.41, 5.74) is -0.247. The quantitative estimate of drug-likeness (QED) is 0.874. The molecule has 1 saturated carbocycles. The third kappa shape index (κ3) is 1.49. The van der Waals surface area contributed by atoms with Crippen molar-refractivity contribution in [3.8, 4) is 0 Å². The first-order chi connectivity index (χ1) is 8.03. The molecular formula is C12H11BrN2O2. The van der Waals surface area contributed by atoms with Gasteiger partial charge in [0.25, 0.3) is 5.56 Å². The summed E-state index contributed by atoms with van der Waals surface area (Å²) in [7, 11) is 0. The normalized spacial score (nSPS) is 17.3. The molecule has 1 heterocycles. The number of rotatable bonds is 1. The van der Waals surface area contributed by atoms with Crippen molar-refractivity contribution in [2.45, 2.75) is 25.3 Å². The lowest BCUT2D eigenvalue weighted by molar-refractivity contribution is 0.491. The molecule has 0 unspecified atom stereocenters. The Morgan fingerprint density at radius 3 is 2.71 bits per heavy atom. The van der Waals surface area contributed by atoms with E-state index >= 15 is 0 Å². The van der Waals surface area contributed by atoms with Crippen LogP contribution in [0.25, 0.3) is 10.9 Å². The summed E-state index contributed by atoms with van der Waals surface area (Å²) < 4.78 is 2.08. The molecule has 3 rings (SSSR count). The van der Waals surface area contributed by atoms with E-state index in [2.05, 4.69) is 20.9 Å². The molecule has 1 aromatic carbocycles. The predicted molar refractivity (Wildman–Crippen MR) is 69.4 cm³/mol. The van der Waals surface area contributed by atoms with Crippen molar-refractivity contribution in [3.63, 3.8) is 0 Å². The van der Waals surface area contributed by atoms with E-state index in [4.69, 9.17) is 0 Å². The highest BCUT2D eigenvalue weighted by molar-refractivity contribution is 9.10. The smallest absolute Gasteiger partial charge is 0.306 e. The minimum atomic E-state index is -0.325. The van der Waals surface area contributed by atoms with E-state index in [1.165, 1.54) is 4.57 Å². The Bertz CT molecular complexity index is 725. The fourth-order valence-electron chi connectivity index (χ4n) is 2.10. The van der Waals surface area contributed by atoms with Crippen LogP contribution in [0.15, 0.2) is 32.3 Å². The lowest BCUT2D eigenvalue weighted by Gasteiger charge is -2.12. The molecule has 0 bridgehead atoms. The zero-order valence-electron chi connectivity index (χ0n) is 9.29. The van der Waals surface area contributed by atoms with Crippen LogP contribution in [0.5, 0.6) is 0 Å². The molecule has 5 heteroatoms. The lowest BCUT2D eigenvalue weighted by Crippen LogP contribution is -2.40. The van der Waals surface area contributed by atoms with Gasteiger partial charge in [0.15, 0.2) is 0 Å². The van der Waals surface area contributed by atoms with Crippen LogP contribution in [0.2, 0.25) is 0 Å². The summed E-state index contributed by atoms with van der Waals surface area (Å²) in [6.45, 7) is 1.94. The van der Waals surface area contributed by atoms with E-state index in [9.17, 15) is 9.59 Å². The van der Waals surface area contributed by atoms with Gasteiger partial charge in [0, 0.05) is 4.47 Å².